The van der Waals surface area contributed by atoms with Gasteiger partial charge in [-0.1, -0.05) is 47.5 Å². The summed E-state index contributed by atoms with van der Waals surface area (Å²) in [5.41, 5.74) is 11.3. The number of amides is 1. The molecular weight excluding hydrogens is 795 g/mol. The molecular formula is C43H53Cl3N10O2. The van der Waals surface area contributed by atoms with Gasteiger partial charge in [0.05, 0.1) is 33.8 Å². The second-order valence-electron chi connectivity index (χ2n) is 16.2. The number of aromatic nitrogens is 6. The van der Waals surface area contributed by atoms with Gasteiger partial charge in [-0.3, -0.25) is 0 Å². The number of halogens is 3. The van der Waals surface area contributed by atoms with E-state index in [-0.39, 0.29) is 36.6 Å². The summed E-state index contributed by atoms with van der Waals surface area (Å²) in [7, 11) is 4.05. The predicted molar refractivity (Wildman–Crippen MR) is 238 cm³/mol. The largest absolute Gasteiger partial charge is 0.444 e. The first-order chi connectivity index (χ1) is 27.3. The summed E-state index contributed by atoms with van der Waals surface area (Å²) in [5, 5.41) is 13.2. The summed E-state index contributed by atoms with van der Waals surface area (Å²) in [4.78, 5) is 30.4. The molecule has 2 fully saturated rings. The van der Waals surface area contributed by atoms with Crippen LogP contribution in [0.1, 0.15) is 72.1 Å². The Morgan fingerprint density at radius 2 is 1.22 bits per heavy atom. The van der Waals surface area contributed by atoms with Crippen molar-refractivity contribution in [2.45, 2.75) is 102 Å². The van der Waals surface area contributed by atoms with E-state index >= 15 is 0 Å². The number of fused-ring (bicyclic) bond motifs is 2. The van der Waals surface area contributed by atoms with Gasteiger partial charge in [0.25, 0.3) is 0 Å². The Kier molecular flexibility index (Phi) is 13.7. The van der Waals surface area contributed by atoms with E-state index in [0.29, 0.717) is 33.7 Å². The van der Waals surface area contributed by atoms with Gasteiger partial charge in [0.15, 0.2) is 0 Å². The number of nitrogens with two attached hydrogens (primary N) is 1. The molecule has 58 heavy (non-hydrogen) atoms. The maximum absolute atomic E-state index is 12.1. The van der Waals surface area contributed by atoms with Crippen LogP contribution >= 0.6 is 35.6 Å². The van der Waals surface area contributed by atoms with Crippen molar-refractivity contribution in [2.24, 2.45) is 19.8 Å². The Labute approximate surface area is 356 Å². The fourth-order valence-electron chi connectivity index (χ4n) is 7.92. The third kappa shape index (κ3) is 10.3. The van der Waals surface area contributed by atoms with E-state index in [4.69, 9.17) is 43.6 Å². The molecule has 12 nitrogen and oxygen atoms in total. The number of hydrogen-bond acceptors (Lipinski definition) is 9. The third-order valence-corrected chi connectivity index (χ3v) is 11.2. The lowest BCUT2D eigenvalue weighted by molar-refractivity contribution is 0.0492. The van der Waals surface area contributed by atoms with Crippen molar-refractivity contribution >= 4 is 75.4 Å². The van der Waals surface area contributed by atoms with Gasteiger partial charge in [0, 0.05) is 83.6 Å². The minimum atomic E-state index is -0.508. The average molecular weight is 848 g/mol. The number of alkyl carbamates (subject to hydrolysis) is 1. The van der Waals surface area contributed by atoms with E-state index in [0.717, 1.165) is 90.0 Å². The highest BCUT2D eigenvalue weighted by Crippen LogP contribution is 2.35. The molecule has 0 saturated heterocycles. The minimum absolute atomic E-state index is 0. The van der Waals surface area contributed by atoms with Crippen LogP contribution in [0.15, 0.2) is 73.3 Å². The fourth-order valence-corrected chi connectivity index (χ4v) is 8.30. The van der Waals surface area contributed by atoms with Crippen molar-refractivity contribution in [3.05, 3.63) is 83.4 Å². The number of anilines is 2. The molecule has 1 amide bonds. The van der Waals surface area contributed by atoms with Crippen LogP contribution in [0.4, 0.5) is 16.7 Å². The molecule has 4 atom stereocenters. The second kappa shape index (κ2) is 18.5. The van der Waals surface area contributed by atoms with Crippen molar-refractivity contribution in [3.63, 3.8) is 0 Å². The molecule has 0 spiro atoms. The van der Waals surface area contributed by atoms with Crippen LogP contribution in [-0.2, 0) is 18.8 Å². The molecule has 5 N–H and O–H groups in total. The number of nitrogens with one attached hydrogen (secondary N) is 3. The van der Waals surface area contributed by atoms with E-state index in [1.165, 1.54) is 0 Å². The number of carbonyl (C=O) groups is 1. The highest BCUT2D eigenvalue weighted by molar-refractivity contribution is 6.33. The van der Waals surface area contributed by atoms with Gasteiger partial charge in [0.1, 0.15) is 5.60 Å². The number of rotatable bonds is 7. The van der Waals surface area contributed by atoms with Gasteiger partial charge in [-0.05, 0) is 96.4 Å². The lowest BCUT2D eigenvalue weighted by Gasteiger charge is -2.31. The molecule has 8 rings (SSSR count). The highest BCUT2D eigenvalue weighted by Gasteiger charge is 2.27. The maximum atomic E-state index is 12.1. The van der Waals surface area contributed by atoms with Crippen molar-refractivity contribution in [1.29, 1.82) is 0 Å². The second-order valence-corrected chi connectivity index (χ2v) is 17.0. The van der Waals surface area contributed by atoms with Gasteiger partial charge < -0.3 is 35.6 Å². The van der Waals surface area contributed by atoms with Gasteiger partial charge in [-0.25, -0.2) is 24.7 Å². The van der Waals surface area contributed by atoms with Crippen molar-refractivity contribution in [3.8, 4) is 22.5 Å². The molecule has 2 aliphatic carbocycles. The molecule has 0 aliphatic heterocycles. The molecule has 0 radical (unpaired) electrons. The summed E-state index contributed by atoms with van der Waals surface area (Å²) in [5.74, 6) is 1.16. The monoisotopic (exact) mass is 846 g/mol. The number of ether oxygens (including phenoxy) is 1. The summed E-state index contributed by atoms with van der Waals surface area (Å²) >= 11 is 12.9. The molecule has 2 saturated carbocycles. The van der Waals surface area contributed by atoms with Crippen LogP contribution in [0.5, 0.6) is 0 Å². The topological polar surface area (TPSA) is 150 Å². The zero-order valence-corrected chi connectivity index (χ0v) is 36.0. The lowest BCUT2D eigenvalue weighted by atomic mass is 9.91. The molecule has 308 valence electrons. The number of hydrogen-bond donors (Lipinski definition) is 4. The van der Waals surface area contributed by atoms with Crippen LogP contribution in [0.3, 0.4) is 0 Å². The molecule has 0 bridgehead atoms. The molecule has 15 heteroatoms. The SMILES string of the molecule is Cl.Cn1ccc2c(-c3nc(N[C@@H]4CCC[C@H](N)C4)ncc3Cl)cccc21.Cn1ccc2c(-c3nc(N[C@@H]4CCC[C@H](NC(=O)OC(C)(C)C)C4)ncc3Cl)cccc21. The smallest absolute Gasteiger partial charge is 0.407 e. The van der Waals surface area contributed by atoms with Crippen molar-refractivity contribution in [2.75, 3.05) is 10.6 Å². The molecule has 2 aliphatic rings. The number of aryl methyl sites for hydroxylation is 2. The summed E-state index contributed by atoms with van der Waals surface area (Å²) in [6, 6.07) is 17.3. The van der Waals surface area contributed by atoms with E-state index in [9.17, 15) is 4.79 Å². The fraction of sp³-hybridized carbons (Fsp3) is 0.419. The van der Waals surface area contributed by atoms with Crippen LogP contribution in [0.2, 0.25) is 10.0 Å². The van der Waals surface area contributed by atoms with Crippen molar-refractivity contribution < 1.29 is 9.53 Å². The Hall–Kier alpha value is -4.62. The Morgan fingerprint density at radius 1 is 0.741 bits per heavy atom. The van der Waals surface area contributed by atoms with Gasteiger partial charge in [0.2, 0.25) is 11.9 Å². The average Bonchev–Trinajstić information content (AvgIpc) is 3.75. The number of benzene rings is 2. The van der Waals surface area contributed by atoms with Crippen LogP contribution in [0, 0.1) is 0 Å². The quantitative estimate of drug-likeness (QED) is 0.123. The first-order valence-electron chi connectivity index (χ1n) is 19.7. The lowest BCUT2D eigenvalue weighted by Crippen LogP contribution is -2.44. The third-order valence-electron chi connectivity index (χ3n) is 10.6. The molecule has 4 aromatic heterocycles. The minimum Gasteiger partial charge on any atom is -0.444 e. The van der Waals surface area contributed by atoms with E-state index < -0.39 is 5.60 Å². The molecule has 6 aromatic rings. The van der Waals surface area contributed by atoms with Gasteiger partial charge in [-0.2, -0.15) is 0 Å². The molecule has 2 aromatic carbocycles. The number of carbonyl (C=O) groups excluding carboxylic acids is 1. The normalized spacial score (nSPS) is 19.4. The van der Waals surface area contributed by atoms with Crippen LogP contribution < -0.4 is 21.7 Å². The summed E-state index contributed by atoms with van der Waals surface area (Å²) < 4.78 is 9.57. The predicted octanol–water partition coefficient (Wildman–Crippen LogP) is 9.93. The van der Waals surface area contributed by atoms with Crippen LogP contribution in [0.25, 0.3) is 44.3 Å². The zero-order chi connectivity index (χ0) is 40.3. The van der Waals surface area contributed by atoms with Gasteiger partial charge >= 0.3 is 6.09 Å². The highest BCUT2D eigenvalue weighted by atomic mass is 35.5. The number of nitrogens with zero attached hydrogens (tertiary/aromatic N) is 6. The standard InChI is InChI=1S/C24H30ClN5O2.C19H22ClN5.ClH/c1-24(2,3)32-23(31)28-16-8-5-7-15(13-16)27-22-26-14-19(25)21(29-22)18-9-6-10-20-17(18)11-12-30(20)4;1-25-9-8-14-15(6-3-7-17(14)25)18-16(20)11-22-19(24-18)23-13-5-2-4-12(21)10-13;/h6,9-12,14-16H,5,7-8,13H2,1-4H3,(H,28,31)(H,26,27,29);3,6-9,11-13H,2,4-5,10,21H2,1H3,(H,22,23,24);1H/t15-,16+;12-,13+;/m10./s1. The van der Waals surface area contributed by atoms with Crippen molar-refractivity contribution in [1.82, 2.24) is 34.4 Å². The van der Waals surface area contributed by atoms with Crippen LogP contribution in [-0.4, -0.2) is 64.9 Å². The Balaban J connectivity index is 0.000000198. The molecule has 0 unspecified atom stereocenters. The first kappa shape index (κ1) is 43.0. The summed E-state index contributed by atoms with van der Waals surface area (Å²) in [6.45, 7) is 5.59. The molecule has 4 heterocycles. The van der Waals surface area contributed by atoms with Gasteiger partial charge in [-0.15, -0.1) is 12.4 Å². The first-order valence-corrected chi connectivity index (χ1v) is 20.5. The Morgan fingerprint density at radius 3 is 1.72 bits per heavy atom. The van der Waals surface area contributed by atoms with E-state index in [1.54, 1.807) is 12.4 Å². The summed E-state index contributed by atoms with van der Waals surface area (Å²) in [6.07, 6.45) is 15.0. The maximum Gasteiger partial charge on any atom is 0.407 e. The zero-order valence-electron chi connectivity index (χ0n) is 33.6. The van der Waals surface area contributed by atoms with E-state index in [1.807, 2.05) is 65.5 Å². The Bertz CT molecular complexity index is 2360. The van der Waals surface area contributed by atoms with E-state index in [2.05, 4.69) is 65.4 Å².